The molecule has 0 aromatic carbocycles. The van der Waals surface area contributed by atoms with E-state index >= 15 is 0 Å². The van der Waals surface area contributed by atoms with Crippen LogP contribution in [0.2, 0.25) is 0 Å². The zero-order valence-electron chi connectivity index (χ0n) is 15.9. The van der Waals surface area contributed by atoms with Crippen molar-refractivity contribution in [1.29, 1.82) is 0 Å². The van der Waals surface area contributed by atoms with Crippen molar-refractivity contribution in [1.82, 2.24) is 0 Å². The van der Waals surface area contributed by atoms with Crippen LogP contribution in [0.25, 0.3) is 31.3 Å². The van der Waals surface area contributed by atoms with Crippen molar-refractivity contribution in [3.63, 3.8) is 0 Å². The zero-order valence-corrected chi connectivity index (χ0v) is 15.9. The molecule has 0 unspecified atom stereocenters. The van der Waals surface area contributed by atoms with E-state index in [1.165, 1.54) is 6.08 Å². The van der Waals surface area contributed by atoms with Crippen molar-refractivity contribution in [2.75, 3.05) is 0 Å². The van der Waals surface area contributed by atoms with Crippen molar-refractivity contribution < 1.29 is 9.59 Å². The van der Waals surface area contributed by atoms with E-state index in [-0.39, 0.29) is 34.6 Å². The largest absolute Gasteiger partial charge is 0.299 e. The second kappa shape index (κ2) is 6.67. The Hall–Kier alpha value is -3.25. The average Bonchev–Trinajstić information content (AvgIpc) is 3.00. The van der Waals surface area contributed by atoms with Crippen LogP contribution in [-0.4, -0.2) is 17.1 Å². The molecule has 11 heteroatoms. The van der Waals surface area contributed by atoms with Crippen LogP contribution < -0.4 is 0 Å². The van der Waals surface area contributed by atoms with E-state index in [0.29, 0.717) is 37.0 Å². The third kappa shape index (κ3) is 2.49. The van der Waals surface area contributed by atoms with E-state index in [1.54, 1.807) is 0 Å². The summed E-state index contributed by atoms with van der Waals surface area (Å²) in [5.41, 5.74) is 25.8. The van der Waals surface area contributed by atoms with Gasteiger partial charge in [0.2, 0.25) is 0 Å². The van der Waals surface area contributed by atoms with Crippen LogP contribution in [0.5, 0.6) is 0 Å². The molecule has 0 bridgehead atoms. The van der Waals surface area contributed by atoms with E-state index in [0.717, 1.165) is 12.8 Å². The summed E-state index contributed by atoms with van der Waals surface area (Å²) < 4.78 is 0. The van der Waals surface area contributed by atoms with Crippen LogP contribution >= 0.6 is 0 Å². The molecule has 0 radical (unpaired) electrons. The van der Waals surface area contributed by atoms with E-state index in [1.807, 2.05) is 6.92 Å². The molecule has 3 saturated carbocycles. The smallest absolute Gasteiger partial charge is 0.197 e. The summed E-state index contributed by atoms with van der Waals surface area (Å²) in [6.07, 6.45) is 5.25. The first kappa shape index (κ1) is 19.1. The summed E-state index contributed by atoms with van der Waals surface area (Å²) >= 11 is 0. The van der Waals surface area contributed by atoms with Gasteiger partial charge in [0.05, 0.1) is 16.9 Å². The first-order valence-corrected chi connectivity index (χ1v) is 9.64. The molecule has 4 aliphatic carbocycles. The van der Waals surface area contributed by atoms with Crippen molar-refractivity contribution in [3.05, 3.63) is 54.4 Å². The van der Waals surface area contributed by atoms with Gasteiger partial charge in [-0.05, 0) is 72.0 Å². The second-order valence-corrected chi connectivity index (χ2v) is 8.41. The monoisotopic (exact) mass is 393 g/mol. The number of nitrogens with zero attached hydrogens (tertiary/aromatic N) is 9. The van der Waals surface area contributed by atoms with Crippen molar-refractivity contribution in [3.8, 4) is 0 Å². The molecule has 4 rings (SSSR count). The van der Waals surface area contributed by atoms with Crippen molar-refractivity contribution in [2.45, 2.75) is 51.0 Å². The van der Waals surface area contributed by atoms with Gasteiger partial charge in [-0.15, -0.1) is 0 Å². The number of Topliss-reactive ketones (excluding diaryl/α,β-unsaturated/α-hetero) is 2. The summed E-state index contributed by atoms with van der Waals surface area (Å²) in [6, 6.07) is 0. The minimum atomic E-state index is -1.23. The maximum atomic E-state index is 12.7. The molecule has 0 N–H and O–H groups in total. The Morgan fingerprint density at radius 2 is 1.76 bits per heavy atom. The van der Waals surface area contributed by atoms with Crippen LogP contribution in [0.4, 0.5) is 0 Å². The molecule has 148 valence electrons. The van der Waals surface area contributed by atoms with Crippen LogP contribution in [0.3, 0.4) is 0 Å². The summed E-state index contributed by atoms with van der Waals surface area (Å²) in [7, 11) is 0. The number of fused-ring (bicyclic) bond motifs is 5. The van der Waals surface area contributed by atoms with Gasteiger partial charge in [0, 0.05) is 26.6 Å². The highest BCUT2D eigenvalue weighted by Crippen LogP contribution is 2.62. The molecule has 0 aliphatic heterocycles. The lowest BCUT2D eigenvalue weighted by Gasteiger charge is -2.55. The third-order valence-electron chi connectivity index (χ3n) is 7.52. The highest BCUT2D eigenvalue weighted by molar-refractivity contribution is 6.10. The van der Waals surface area contributed by atoms with Gasteiger partial charge in [-0.2, -0.15) is 0 Å². The maximum Gasteiger partial charge on any atom is 0.197 e. The molecular weight excluding hydrogens is 374 g/mol. The number of carbonyl (C=O) groups excluding carboxylic acids is 2. The molecule has 3 fully saturated rings. The van der Waals surface area contributed by atoms with Crippen LogP contribution in [-0.2, 0) is 9.59 Å². The summed E-state index contributed by atoms with van der Waals surface area (Å²) in [5.74, 6) is -0.225. The predicted octanol–water partition coefficient (Wildman–Crippen LogP) is 5.18. The molecule has 0 aromatic rings. The predicted molar refractivity (Wildman–Crippen MR) is 102 cm³/mol. The Morgan fingerprint density at radius 3 is 2.45 bits per heavy atom. The Kier molecular flexibility index (Phi) is 4.39. The third-order valence-corrected chi connectivity index (χ3v) is 7.52. The standard InChI is InChI=1S/C18H19N9O2/c1-17-7-6-11-9(10(17)4-5-14(17)28)2-3-12-15(23-26-20)16(29)13(22-25-19)8-18(11,12)24-27-21/h8-11H,2-7H2,1H3/t9-,10-,11-,17-,18-/m0/s1. The van der Waals surface area contributed by atoms with Crippen molar-refractivity contribution in [2.24, 2.45) is 38.5 Å². The summed E-state index contributed by atoms with van der Waals surface area (Å²) in [6.45, 7) is 2.03. The lowest BCUT2D eigenvalue weighted by molar-refractivity contribution is -0.130. The Bertz CT molecular complexity index is 1030. The van der Waals surface area contributed by atoms with Crippen molar-refractivity contribution >= 4 is 11.6 Å². The highest BCUT2D eigenvalue weighted by atomic mass is 16.1. The maximum absolute atomic E-state index is 12.7. The van der Waals surface area contributed by atoms with E-state index in [9.17, 15) is 15.1 Å². The normalized spacial score (nSPS) is 37.8. The topological polar surface area (TPSA) is 180 Å². The van der Waals surface area contributed by atoms with E-state index in [2.05, 4.69) is 30.1 Å². The van der Waals surface area contributed by atoms with Gasteiger partial charge in [-0.3, -0.25) is 9.59 Å². The SMILES string of the molecule is C[C@]12CC[C@H]3[C@@H](CCC4=C(N=[N+]=[N-])C(=O)C(N=[N+]=[N-])=C[C@@]43N=[N+]=[N-])[C@@H]1CCC2=O. The van der Waals surface area contributed by atoms with E-state index < -0.39 is 11.3 Å². The summed E-state index contributed by atoms with van der Waals surface area (Å²) in [5, 5.41) is 11.2. The van der Waals surface area contributed by atoms with Gasteiger partial charge in [0.25, 0.3) is 0 Å². The molecule has 0 spiro atoms. The minimum absolute atomic E-state index is 0.124. The first-order chi connectivity index (χ1) is 13.9. The van der Waals surface area contributed by atoms with Crippen LogP contribution in [0.15, 0.2) is 38.4 Å². The minimum Gasteiger partial charge on any atom is -0.299 e. The number of azide groups is 3. The molecule has 0 amide bonds. The molecule has 29 heavy (non-hydrogen) atoms. The lowest BCUT2D eigenvalue weighted by Crippen LogP contribution is -2.54. The van der Waals surface area contributed by atoms with Gasteiger partial charge in [-0.25, -0.2) is 0 Å². The van der Waals surface area contributed by atoms with Gasteiger partial charge in [-0.1, -0.05) is 28.3 Å². The van der Waals surface area contributed by atoms with E-state index in [4.69, 9.17) is 11.1 Å². The average molecular weight is 393 g/mol. The Labute approximate surface area is 165 Å². The Morgan fingerprint density at radius 1 is 1.00 bits per heavy atom. The van der Waals surface area contributed by atoms with Gasteiger partial charge >= 0.3 is 0 Å². The molecule has 11 nitrogen and oxygen atoms in total. The molecule has 4 aliphatic rings. The fourth-order valence-electron chi connectivity index (χ4n) is 6.29. The molecular formula is C18H19N9O2. The first-order valence-electron chi connectivity index (χ1n) is 9.64. The van der Waals surface area contributed by atoms with Crippen LogP contribution in [0.1, 0.15) is 45.4 Å². The molecule has 0 heterocycles. The molecule has 0 aromatic heterocycles. The zero-order chi connectivity index (χ0) is 20.8. The highest BCUT2D eigenvalue weighted by Gasteiger charge is 2.60. The fourth-order valence-corrected chi connectivity index (χ4v) is 6.29. The molecule has 5 atom stereocenters. The quantitative estimate of drug-likeness (QED) is 0.364. The second-order valence-electron chi connectivity index (χ2n) is 8.41. The van der Waals surface area contributed by atoms with Gasteiger partial charge in [0.1, 0.15) is 5.78 Å². The summed E-state index contributed by atoms with van der Waals surface area (Å²) in [4.78, 5) is 33.8. The molecule has 0 saturated heterocycles. The fraction of sp³-hybridized carbons (Fsp3) is 0.667. The number of hydrogen-bond acceptors (Lipinski definition) is 5. The van der Waals surface area contributed by atoms with Gasteiger partial charge < -0.3 is 0 Å². The lowest BCUT2D eigenvalue weighted by atomic mass is 9.50. The Balaban J connectivity index is 1.93. The number of hydrogen-bond donors (Lipinski definition) is 0. The number of rotatable bonds is 3. The van der Waals surface area contributed by atoms with Gasteiger partial charge in [0.15, 0.2) is 5.78 Å². The number of ketones is 2. The van der Waals surface area contributed by atoms with Crippen LogP contribution in [0, 0.1) is 23.2 Å². The number of carbonyl (C=O) groups is 2.